The Morgan fingerprint density at radius 2 is 1.65 bits per heavy atom. The first-order valence-corrected chi connectivity index (χ1v) is 17.8. The summed E-state index contributed by atoms with van der Waals surface area (Å²) in [4.78, 5) is 58.2. The van der Waals surface area contributed by atoms with Gasteiger partial charge in [0.15, 0.2) is 0 Å². The van der Waals surface area contributed by atoms with Crippen molar-refractivity contribution in [1.82, 2.24) is 39.8 Å². The Hall–Kier alpha value is -4.24. The fourth-order valence-corrected chi connectivity index (χ4v) is 7.00. The molecule has 1 aromatic carbocycles. The Kier molecular flexibility index (Phi) is 12.1. The van der Waals surface area contributed by atoms with Crippen LogP contribution >= 0.6 is 11.5 Å². The van der Waals surface area contributed by atoms with Gasteiger partial charge in [-0.3, -0.25) is 23.9 Å². The second-order valence-corrected chi connectivity index (χ2v) is 14.1. The van der Waals surface area contributed by atoms with Gasteiger partial charge in [0, 0.05) is 44.3 Å². The standard InChI is InChI=1S/C34H46FN9O4S/c1-21(2)44-27(13-14-37-44)31(45)40-30(23-9-7-5-6-8-10-23)33(47)38-26-12-11-24(19-25(26)35)22(3)29(39-32(46)28-20-36-41-49-28)34(48)43-17-15-42(4)16-18-43/h11-14,19-23,29-30H,5-10,15-18H2,1-4H3,(H,38,47)(H,39,46)(H,40,45)/t22-,29+,30?/m0/s1. The highest BCUT2D eigenvalue weighted by Gasteiger charge is 2.35. The fraction of sp³-hybridized carbons (Fsp3) is 0.559. The van der Waals surface area contributed by atoms with Gasteiger partial charge in [0.2, 0.25) is 11.8 Å². The molecule has 1 unspecified atom stereocenters. The van der Waals surface area contributed by atoms with E-state index in [-0.39, 0.29) is 28.4 Å². The van der Waals surface area contributed by atoms with Crippen LogP contribution in [-0.2, 0) is 9.59 Å². The summed E-state index contributed by atoms with van der Waals surface area (Å²) in [6.45, 7) is 8.02. The minimum Gasteiger partial charge on any atom is -0.339 e. The number of hydrogen-bond acceptors (Lipinski definition) is 9. The quantitative estimate of drug-likeness (QED) is 0.256. The summed E-state index contributed by atoms with van der Waals surface area (Å²) in [5.74, 6) is -3.06. The molecule has 3 N–H and O–H groups in total. The molecule has 0 bridgehead atoms. The highest BCUT2D eigenvalue weighted by molar-refractivity contribution is 7.07. The average molecular weight is 696 g/mol. The Labute approximate surface area is 290 Å². The lowest BCUT2D eigenvalue weighted by atomic mass is 9.90. The molecular formula is C34H46FN9O4S. The Morgan fingerprint density at radius 3 is 2.29 bits per heavy atom. The van der Waals surface area contributed by atoms with Gasteiger partial charge in [-0.05, 0) is 74.9 Å². The first-order valence-electron chi connectivity index (χ1n) is 17.0. The topological polar surface area (TPSA) is 154 Å². The van der Waals surface area contributed by atoms with Gasteiger partial charge in [0.25, 0.3) is 11.8 Å². The lowest BCUT2D eigenvalue weighted by Crippen LogP contribution is -2.55. The van der Waals surface area contributed by atoms with Crippen LogP contribution in [0.4, 0.5) is 10.1 Å². The summed E-state index contributed by atoms with van der Waals surface area (Å²) in [5.41, 5.74) is 0.786. The summed E-state index contributed by atoms with van der Waals surface area (Å²) < 4.78 is 21.2. The van der Waals surface area contributed by atoms with E-state index in [1.165, 1.54) is 18.3 Å². The lowest BCUT2D eigenvalue weighted by Gasteiger charge is -2.36. The van der Waals surface area contributed by atoms with Crippen LogP contribution in [0.25, 0.3) is 0 Å². The molecule has 5 rings (SSSR count). The molecule has 1 aliphatic heterocycles. The third-order valence-electron chi connectivity index (χ3n) is 9.56. The maximum atomic E-state index is 15.8. The van der Waals surface area contributed by atoms with Gasteiger partial charge in [-0.1, -0.05) is 43.2 Å². The van der Waals surface area contributed by atoms with Crippen molar-refractivity contribution in [3.63, 3.8) is 0 Å². The predicted molar refractivity (Wildman–Crippen MR) is 184 cm³/mol. The molecule has 0 radical (unpaired) electrons. The molecule has 15 heteroatoms. The van der Waals surface area contributed by atoms with Crippen LogP contribution in [0.5, 0.6) is 0 Å². The van der Waals surface area contributed by atoms with Crippen LogP contribution in [0.3, 0.4) is 0 Å². The van der Waals surface area contributed by atoms with Gasteiger partial charge < -0.3 is 25.8 Å². The van der Waals surface area contributed by atoms with Crippen molar-refractivity contribution in [2.45, 2.75) is 83.3 Å². The molecule has 1 aliphatic carbocycles. The minimum absolute atomic E-state index is 0.0391. The maximum Gasteiger partial charge on any atom is 0.270 e. The predicted octanol–water partition coefficient (Wildman–Crippen LogP) is 3.84. The van der Waals surface area contributed by atoms with Crippen LogP contribution in [-0.4, -0.2) is 98.1 Å². The van der Waals surface area contributed by atoms with E-state index < -0.39 is 41.5 Å². The van der Waals surface area contributed by atoms with Crippen molar-refractivity contribution in [3.05, 3.63) is 58.6 Å². The highest BCUT2D eigenvalue weighted by atomic mass is 32.1. The van der Waals surface area contributed by atoms with Crippen molar-refractivity contribution in [1.29, 1.82) is 0 Å². The summed E-state index contributed by atoms with van der Waals surface area (Å²) in [5, 5.41) is 16.5. The minimum atomic E-state index is -0.980. The molecule has 2 fully saturated rings. The zero-order valence-electron chi connectivity index (χ0n) is 28.5. The number of amides is 4. The molecule has 3 heterocycles. The Morgan fingerprint density at radius 1 is 0.939 bits per heavy atom. The van der Waals surface area contributed by atoms with Gasteiger partial charge in [-0.15, -0.1) is 5.10 Å². The summed E-state index contributed by atoms with van der Waals surface area (Å²) in [6, 6.07) is 4.11. The number of benzene rings is 1. The van der Waals surface area contributed by atoms with Crippen molar-refractivity contribution >= 4 is 40.8 Å². The second kappa shape index (κ2) is 16.4. The molecule has 13 nitrogen and oxygen atoms in total. The van der Waals surface area contributed by atoms with Gasteiger partial charge in [0.05, 0.1) is 11.9 Å². The van der Waals surface area contributed by atoms with E-state index >= 15 is 4.39 Å². The Bertz CT molecular complexity index is 1600. The van der Waals surface area contributed by atoms with Crippen molar-refractivity contribution in [3.8, 4) is 0 Å². The fourth-order valence-electron chi connectivity index (χ4n) is 6.59. The number of hydrogen-bond donors (Lipinski definition) is 3. The maximum absolute atomic E-state index is 15.8. The van der Waals surface area contributed by atoms with Crippen molar-refractivity contribution in [2.75, 3.05) is 38.5 Å². The molecule has 2 aromatic heterocycles. The summed E-state index contributed by atoms with van der Waals surface area (Å²) in [6.07, 6.45) is 8.44. The third-order valence-corrected chi connectivity index (χ3v) is 10.2. The van der Waals surface area contributed by atoms with E-state index in [1.54, 1.807) is 34.8 Å². The molecule has 1 saturated carbocycles. The number of likely N-dealkylation sites (N-methyl/N-ethyl adjacent to an activating group) is 1. The van der Waals surface area contributed by atoms with Crippen LogP contribution in [0.15, 0.2) is 36.7 Å². The van der Waals surface area contributed by atoms with E-state index in [1.807, 2.05) is 20.9 Å². The van der Waals surface area contributed by atoms with E-state index in [0.29, 0.717) is 37.4 Å². The van der Waals surface area contributed by atoms with Crippen LogP contribution in [0.2, 0.25) is 0 Å². The zero-order valence-corrected chi connectivity index (χ0v) is 29.3. The van der Waals surface area contributed by atoms with E-state index in [2.05, 4.69) is 35.5 Å². The summed E-state index contributed by atoms with van der Waals surface area (Å²) >= 11 is 0.921. The molecule has 4 amide bonds. The first-order chi connectivity index (χ1) is 23.5. The van der Waals surface area contributed by atoms with Crippen LogP contribution < -0.4 is 16.0 Å². The molecule has 264 valence electrons. The lowest BCUT2D eigenvalue weighted by molar-refractivity contribution is -0.135. The number of rotatable bonds is 11. The molecule has 1 saturated heterocycles. The number of halogens is 1. The van der Waals surface area contributed by atoms with Crippen LogP contribution in [0.1, 0.15) is 97.0 Å². The van der Waals surface area contributed by atoms with E-state index in [4.69, 9.17) is 0 Å². The number of carbonyl (C=O) groups is 4. The molecule has 0 spiro atoms. The SMILES string of the molecule is CC(C)n1nccc1C(=O)NC(C(=O)Nc1ccc([C@H](C)[C@@H](NC(=O)c2cnns2)C(=O)N2CCN(C)CC2)cc1F)C1CCCCCC1. The van der Waals surface area contributed by atoms with Gasteiger partial charge in [-0.2, -0.15) is 5.10 Å². The number of carbonyl (C=O) groups excluding carboxylic acids is 4. The van der Waals surface area contributed by atoms with Crippen LogP contribution in [0, 0.1) is 11.7 Å². The monoisotopic (exact) mass is 695 g/mol. The van der Waals surface area contributed by atoms with E-state index in [0.717, 1.165) is 50.1 Å². The number of anilines is 1. The number of nitrogens with one attached hydrogen (secondary N) is 3. The highest BCUT2D eigenvalue weighted by Crippen LogP contribution is 2.29. The van der Waals surface area contributed by atoms with E-state index in [9.17, 15) is 19.2 Å². The van der Waals surface area contributed by atoms with Gasteiger partial charge in [0.1, 0.15) is 28.5 Å². The third kappa shape index (κ3) is 8.87. The molecule has 3 atom stereocenters. The molecule has 3 aromatic rings. The number of aromatic nitrogens is 4. The zero-order chi connectivity index (χ0) is 35.1. The molecule has 49 heavy (non-hydrogen) atoms. The molecular weight excluding hydrogens is 649 g/mol. The van der Waals surface area contributed by atoms with Crippen molar-refractivity contribution < 1.29 is 23.6 Å². The smallest absolute Gasteiger partial charge is 0.270 e. The average Bonchev–Trinajstić information content (AvgIpc) is 3.75. The van der Waals surface area contributed by atoms with Gasteiger partial charge >= 0.3 is 0 Å². The molecule has 2 aliphatic rings. The largest absolute Gasteiger partial charge is 0.339 e. The first kappa shape index (κ1) is 36.1. The van der Waals surface area contributed by atoms with Crippen molar-refractivity contribution in [2.24, 2.45) is 5.92 Å². The number of piperazine rings is 1. The Balaban J connectivity index is 1.35. The normalized spacial score (nSPS) is 18.0. The number of nitrogens with zero attached hydrogens (tertiary/aromatic N) is 6. The van der Waals surface area contributed by atoms with Gasteiger partial charge in [-0.25, -0.2) is 4.39 Å². The second-order valence-electron chi connectivity index (χ2n) is 13.3. The summed E-state index contributed by atoms with van der Waals surface area (Å²) in [7, 11) is 1.98.